The molecule has 0 heterocycles. The lowest BCUT2D eigenvalue weighted by Crippen LogP contribution is -2.30. The molecule has 0 aliphatic carbocycles. The van der Waals surface area contributed by atoms with Gasteiger partial charge in [0.15, 0.2) is 0 Å². The van der Waals surface area contributed by atoms with E-state index < -0.39 is 20.0 Å². The maximum Gasteiger partial charge on any atom is 0.262 e. The first-order valence-corrected chi connectivity index (χ1v) is 11.9. The second-order valence-corrected chi connectivity index (χ2v) is 9.84. The predicted octanol–water partition coefficient (Wildman–Crippen LogP) is 2.84. The Bertz CT molecular complexity index is 1060. The lowest BCUT2D eigenvalue weighted by Gasteiger charge is -2.19. The summed E-state index contributed by atoms with van der Waals surface area (Å²) in [5.41, 5.74) is 0.766. The van der Waals surface area contributed by atoms with Crippen LogP contribution in [0.15, 0.2) is 46.2 Å². The summed E-state index contributed by atoms with van der Waals surface area (Å²) in [5.74, 6) is 0.638. The van der Waals surface area contributed by atoms with Crippen molar-refractivity contribution in [1.29, 1.82) is 0 Å². The number of rotatable bonds is 9. The van der Waals surface area contributed by atoms with Crippen molar-refractivity contribution in [3.05, 3.63) is 42.0 Å². The first-order valence-electron chi connectivity index (χ1n) is 8.95. The van der Waals surface area contributed by atoms with Crippen molar-refractivity contribution >= 4 is 25.7 Å². The Morgan fingerprint density at radius 3 is 1.90 bits per heavy atom. The van der Waals surface area contributed by atoms with Crippen molar-refractivity contribution in [2.45, 2.75) is 30.6 Å². The van der Waals surface area contributed by atoms with Gasteiger partial charge in [-0.15, -0.1) is 0 Å². The Hall–Kier alpha value is -2.30. The molecule has 0 bridgehead atoms. The van der Waals surface area contributed by atoms with Gasteiger partial charge < -0.3 is 9.47 Å². The topological polar surface area (TPSA) is 102 Å². The molecule has 0 spiro atoms. The molecule has 29 heavy (non-hydrogen) atoms. The zero-order chi connectivity index (χ0) is 21.8. The summed E-state index contributed by atoms with van der Waals surface area (Å²) in [5, 5.41) is 0. The van der Waals surface area contributed by atoms with Crippen molar-refractivity contribution in [1.82, 2.24) is 4.31 Å². The molecule has 1 N–H and O–H groups in total. The van der Waals surface area contributed by atoms with Gasteiger partial charge >= 0.3 is 0 Å². The van der Waals surface area contributed by atoms with Crippen LogP contribution in [0, 0.1) is 6.92 Å². The lowest BCUT2D eigenvalue weighted by atomic mass is 10.2. The molecule has 0 unspecified atom stereocenters. The van der Waals surface area contributed by atoms with E-state index in [1.807, 2.05) is 0 Å². The largest absolute Gasteiger partial charge is 0.497 e. The lowest BCUT2D eigenvalue weighted by molar-refractivity contribution is 0.392. The number of benzene rings is 2. The van der Waals surface area contributed by atoms with Crippen LogP contribution in [-0.4, -0.2) is 48.4 Å². The van der Waals surface area contributed by atoms with Crippen molar-refractivity contribution < 1.29 is 26.3 Å². The van der Waals surface area contributed by atoms with E-state index in [1.165, 1.54) is 42.8 Å². The standard InChI is InChI=1S/C19H26N2O6S2/c1-6-21(7-2)29(24,25)17-9-8-14(3)19(13-17)20-28(22,23)18-11-15(26-4)10-16(12-18)27-5/h8-13,20H,6-7H2,1-5H3. The molecule has 8 nitrogen and oxygen atoms in total. The highest BCUT2D eigenvalue weighted by molar-refractivity contribution is 7.92. The number of hydrogen-bond donors (Lipinski definition) is 1. The molecule has 0 aliphatic heterocycles. The second kappa shape index (κ2) is 9.02. The van der Waals surface area contributed by atoms with Crippen LogP contribution in [0.2, 0.25) is 0 Å². The van der Waals surface area contributed by atoms with Crippen LogP contribution in [0.1, 0.15) is 19.4 Å². The van der Waals surface area contributed by atoms with Gasteiger partial charge in [-0.05, 0) is 24.6 Å². The fourth-order valence-corrected chi connectivity index (χ4v) is 5.38. The molecule has 160 valence electrons. The maximum absolute atomic E-state index is 12.9. The minimum Gasteiger partial charge on any atom is -0.497 e. The number of sulfonamides is 2. The van der Waals surface area contributed by atoms with E-state index in [2.05, 4.69) is 4.72 Å². The molecule has 2 rings (SSSR count). The van der Waals surface area contributed by atoms with E-state index in [1.54, 1.807) is 32.9 Å². The first-order chi connectivity index (χ1) is 13.6. The Morgan fingerprint density at radius 1 is 0.862 bits per heavy atom. The van der Waals surface area contributed by atoms with E-state index >= 15 is 0 Å². The fraction of sp³-hybridized carbons (Fsp3) is 0.368. The molecule has 0 radical (unpaired) electrons. The van der Waals surface area contributed by atoms with E-state index in [0.717, 1.165) is 0 Å². The van der Waals surface area contributed by atoms with E-state index in [0.29, 0.717) is 30.2 Å². The van der Waals surface area contributed by atoms with Gasteiger partial charge in [0.1, 0.15) is 11.5 Å². The molecule has 0 saturated carbocycles. The van der Waals surface area contributed by atoms with Crippen LogP contribution in [-0.2, 0) is 20.0 Å². The molecule has 0 aliphatic rings. The molecular weight excluding hydrogens is 416 g/mol. The third-order valence-electron chi connectivity index (χ3n) is 4.43. The molecule has 0 aromatic heterocycles. The normalized spacial score (nSPS) is 12.1. The predicted molar refractivity (Wildman–Crippen MR) is 112 cm³/mol. The number of nitrogens with zero attached hydrogens (tertiary/aromatic N) is 1. The number of ether oxygens (including phenoxy) is 2. The van der Waals surface area contributed by atoms with E-state index in [-0.39, 0.29) is 15.5 Å². The van der Waals surface area contributed by atoms with Gasteiger partial charge in [0.05, 0.1) is 29.7 Å². The summed E-state index contributed by atoms with van der Waals surface area (Å²) in [7, 11) is -4.89. The third kappa shape index (κ3) is 5.01. The molecule has 0 saturated heterocycles. The van der Waals surface area contributed by atoms with Crippen LogP contribution >= 0.6 is 0 Å². The summed E-state index contributed by atoms with van der Waals surface area (Å²) in [6, 6.07) is 8.64. The SMILES string of the molecule is CCN(CC)S(=O)(=O)c1ccc(C)c(NS(=O)(=O)c2cc(OC)cc(OC)c2)c1. The van der Waals surface area contributed by atoms with Gasteiger partial charge in [0, 0.05) is 31.3 Å². The summed E-state index contributed by atoms with van der Waals surface area (Å²) >= 11 is 0. The zero-order valence-corrected chi connectivity index (χ0v) is 18.7. The first kappa shape index (κ1) is 23.0. The molecule has 0 atom stereocenters. The number of anilines is 1. The molecule has 2 aromatic carbocycles. The quantitative estimate of drug-likeness (QED) is 0.641. The number of hydrogen-bond acceptors (Lipinski definition) is 6. The average Bonchev–Trinajstić information content (AvgIpc) is 2.69. The molecule has 0 amide bonds. The van der Waals surface area contributed by atoms with Gasteiger partial charge in [0.2, 0.25) is 10.0 Å². The van der Waals surface area contributed by atoms with Crippen molar-refractivity contribution in [2.24, 2.45) is 0 Å². The van der Waals surface area contributed by atoms with Gasteiger partial charge in [0.25, 0.3) is 10.0 Å². The molecule has 0 fully saturated rings. The fourth-order valence-electron chi connectivity index (χ4n) is 2.72. The third-order valence-corrected chi connectivity index (χ3v) is 7.82. The van der Waals surface area contributed by atoms with Crippen molar-refractivity contribution in [3.63, 3.8) is 0 Å². The molecule has 2 aromatic rings. The van der Waals surface area contributed by atoms with Crippen LogP contribution in [0.5, 0.6) is 11.5 Å². The van der Waals surface area contributed by atoms with E-state index in [9.17, 15) is 16.8 Å². The zero-order valence-electron chi connectivity index (χ0n) is 17.1. The van der Waals surface area contributed by atoms with Gasteiger partial charge in [-0.1, -0.05) is 19.9 Å². The van der Waals surface area contributed by atoms with Gasteiger partial charge in [-0.3, -0.25) is 4.72 Å². The number of nitrogens with one attached hydrogen (secondary N) is 1. The average molecular weight is 443 g/mol. The van der Waals surface area contributed by atoms with Crippen LogP contribution < -0.4 is 14.2 Å². The summed E-state index contributed by atoms with van der Waals surface area (Å²) in [6.07, 6.45) is 0. The smallest absolute Gasteiger partial charge is 0.262 e. The van der Waals surface area contributed by atoms with Crippen molar-refractivity contribution in [3.8, 4) is 11.5 Å². The minimum absolute atomic E-state index is 0.0210. The van der Waals surface area contributed by atoms with E-state index in [4.69, 9.17) is 9.47 Å². The number of methoxy groups -OCH3 is 2. The van der Waals surface area contributed by atoms with Crippen LogP contribution in [0.4, 0.5) is 5.69 Å². The molecular formula is C19H26N2O6S2. The maximum atomic E-state index is 12.9. The Labute approximate surface area is 172 Å². The van der Waals surface area contributed by atoms with Crippen LogP contribution in [0.25, 0.3) is 0 Å². The minimum atomic E-state index is -4.01. The van der Waals surface area contributed by atoms with Crippen LogP contribution in [0.3, 0.4) is 0 Å². The summed E-state index contributed by atoms with van der Waals surface area (Å²) in [6.45, 7) is 5.82. The van der Waals surface area contributed by atoms with Crippen molar-refractivity contribution in [2.75, 3.05) is 32.0 Å². The van der Waals surface area contributed by atoms with Gasteiger partial charge in [-0.25, -0.2) is 16.8 Å². The highest BCUT2D eigenvalue weighted by Crippen LogP contribution is 2.29. The Kier molecular flexibility index (Phi) is 7.15. The molecule has 10 heteroatoms. The summed E-state index contributed by atoms with van der Waals surface area (Å²) in [4.78, 5) is -0.0437. The highest BCUT2D eigenvalue weighted by Gasteiger charge is 2.24. The Balaban J connectivity index is 2.49. The Morgan fingerprint density at radius 2 is 1.41 bits per heavy atom. The monoisotopic (exact) mass is 442 g/mol. The highest BCUT2D eigenvalue weighted by atomic mass is 32.2. The second-order valence-electron chi connectivity index (χ2n) is 6.22. The van der Waals surface area contributed by atoms with Gasteiger partial charge in [-0.2, -0.15) is 4.31 Å². The number of aryl methyl sites for hydroxylation is 1. The summed E-state index contributed by atoms with van der Waals surface area (Å²) < 4.78 is 65.4.